The fraction of sp³-hybridized carbons (Fsp3) is 0.600. The minimum absolute atomic E-state index is 0. The quantitative estimate of drug-likeness (QED) is 0.550. The molecule has 0 heterocycles. The van der Waals surface area contributed by atoms with Crippen LogP contribution >= 0.6 is 37.2 Å². The van der Waals surface area contributed by atoms with Gasteiger partial charge < -0.3 is 0 Å². The van der Waals surface area contributed by atoms with Gasteiger partial charge in [0.25, 0.3) is 0 Å². The summed E-state index contributed by atoms with van der Waals surface area (Å²) in [6, 6.07) is 0. The molecule has 0 aromatic carbocycles. The second-order valence-electron chi connectivity index (χ2n) is 7.74. The molecule has 0 aliphatic heterocycles. The van der Waals surface area contributed by atoms with Gasteiger partial charge in [-0.3, -0.25) is 0 Å². The zero-order valence-corrected chi connectivity index (χ0v) is 13.6. The van der Waals surface area contributed by atoms with Gasteiger partial charge in [0.1, 0.15) is 0 Å². The van der Waals surface area contributed by atoms with E-state index < -0.39 is 14.0 Å². The minimum atomic E-state index is -2.58. The summed E-state index contributed by atoms with van der Waals surface area (Å²) in [5, 5.41) is 12.5. The predicted octanol–water partition coefficient (Wildman–Crippen LogP) is 5.63. The van der Waals surface area contributed by atoms with Crippen molar-refractivity contribution in [3.05, 3.63) is 24.3 Å². The average Bonchev–Trinajstić information content (AvgIpc) is 2.01. The van der Waals surface area contributed by atoms with Crippen molar-refractivity contribution >= 4 is 37.2 Å². The van der Waals surface area contributed by atoms with Crippen LogP contribution in [0.2, 0.25) is 30.4 Å². The molecule has 0 radical (unpaired) electrons. The topological polar surface area (TPSA) is 0 Å². The number of hydrogen-bond acceptors (Lipinski definition) is 0. The van der Waals surface area contributed by atoms with Crippen molar-refractivity contribution in [2.24, 2.45) is 0 Å². The van der Waals surface area contributed by atoms with Crippen molar-refractivity contribution in [3.8, 4) is 0 Å². The molecule has 1 aliphatic rings. The summed E-state index contributed by atoms with van der Waals surface area (Å²) in [5.74, 6) is 0. The van der Waals surface area contributed by atoms with Gasteiger partial charge in [0.15, 0.2) is 0 Å². The fourth-order valence-electron chi connectivity index (χ4n) is 1.39. The number of halogens is 3. The molecular weight excluding hydrogens is 274 g/mol. The molecule has 0 spiro atoms. The molecule has 0 saturated heterocycles. The van der Waals surface area contributed by atoms with Crippen LogP contribution < -0.4 is 0 Å². The number of rotatable bonds is 1. The first-order chi connectivity index (χ1) is 4.59. The van der Waals surface area contributed by atoms with Gasteiger partial charge in [0, 0.05) is 0 Å². The van der Waals surface area contributed by atoms with Gasteiger partial charge in [-0.1, -0.05) is 0 Å². The third kappa shape index (κ3) is 5.83. The normalized spacial score (nSPS) is 19.8. The second kappa shape index (κ2) is 4.51. The maximum absolute atomic E-state index is 2.58. The Hall–Kier alpha value is 1.06. The Balaban J connectivity index is -0.000000403. The van der Waals surface area contributed by atoms with Crippen molar-refractivity contribution < 1.29 is 14.0 Å². The van der Waals surface area contributed by atoms with E-state index in [1.54, 1.807) is 0 Å². The molecule has 4 heteroatoms. The average molecular weight is 298 g/mol. The zero-order valence-electron chi connectivity index (χ0n) is 9.61. The summed E-state index contributed by atoms with van der Waals surface area (Å²) in [5.41, 5.74) is 0. The molecule has 1 aliphatic carbocycles. The molecule has 0 amide bonds. The first kappa shape index (κ1) is 20.5. The standard InChI is InChI=1S/C5H5.5CH3.3ClH.Ti/c1-2-4-5-3-1;;;;;;;;;/h1-5H;5*1H3;3*1H;. The van der Waals surface area contributed by atoms with Gasteiger partial charge in [0.2, 0.25) is 0 Å². The molecule has 0 atom stereocenters. The van der Waals surface area contributed by atoms with E-state index in [2.05, 4.69) is 50.4 Å². The third-order valence-electron chi connectivity index (χ3n) is 2.41. The Morgan fingerprint density at radius 2 is 1.00 bits per heavy atom. The Morgan fingerprint density at radius 1 is 0.714 bits per heavy atom. The van der Waals surface area contributed by atoms with Crippen LogP contribution in [0.5, 0.6) is 0 Å². The maximum atomic E-state index is 2.49. The van der Waals surface area contributed by atoms with Gasteiger partial charge in [-0.15, -0.1) is 37.2 Å². The molecule has 1 rings (SSSR count). The van der Waals surface area contributed by atoms with Crippen molar-refractivity contribution in [2.75, 3.05) is 0 Å². The SMILES string of the molecule is Cl.Cl.Cl.[CH3][Ti]([CH3])([CH3])([CH3])([CH3])[CH]1C=CC=C1. The monoisotopic (exact) mass is 296 g/mol. The molecule has 0 aromatic heterocycles. The van der Waals surface area contributed by atoms with E-state index in [1.807, 2.05) is 0 Å². The summed E-state index contributed by atoms with van der Waals surface area (Å²) in [4.78, 5) is 0. The predicted molar refractivity (Wildman–Crippen MR) is 73.1 cm³/mol. The van der Waals surface area contributed by atoms with Gasteiger partial charge in [-0.25, -0.2) is 0 Å². The first-order valence-electron chi connectivity index (χ1n) is 4.46. The van der Waals surface area contributed by atoms with E-state index in [9.17, 15) is 0 Å². The Labute approximate surface area is 105 Å². The summed E-state index contributed by atoms with van der Waals surface area (Å²) in [6.07, 6.45) is 9.06. The molecule has 0 fully saturated rings. The van der Waals surface area contributed by atoms with Crippen LogP contribution in [-0.4, -0.2) is 0 Å². The number of hydrogen-bond donors (Lipinski definition) is 0. The van der Waals surface area contributed by atoms with Crippen LogP contribution in [-0.2, 0) is 14.0 Å². The fourth-order valence-corrected chi connectivity index (χ4v) is 4.75. The third-order valence-corrected chi connectivity index (χ3v) is 8.22. The Morgan fingerprint density at radius 3 is 1.14 bits per heavy atom. The van der Waals surface area contributed by atoms with E-state index in [4.69, 9.17) is 0 Å². The number of allylic oxidation sites excluding steroid dienone is 4. The molecule has 0 bridgehead atoms. The van der Waals surface area contributed by atoms with Crippen LogP contribution in [0, 0.1) is 0 Å². The molecule has 88 valence electrons. The van der Waals surface area contributed by atoms with E-state index in [-0.39, 0.29) is 37.2 Å². The van der Waals surface area contributed by atoms with E-state index in [1.165, 1.54) is 0 Å². The van der Waals surface area contributed by atoms with Crippen molar-refractivity contribution in [2.45, 2.75) is 30.4 Å². The van der Waals surface area contributed by atoms with Gasteiger partial charge in [-0.2, -0.15) is 0 Å². The second-order valence-corrected chi connectivity index (χ2v) is 28.9. The van der Waals surface area contributed by atoms with Crippen LogP contribution in [0.4, 0.5) is 0 Å². The van der Waals surface area contributed by atoms with Gasteiger partial charge in [-0.05, 0) is 0 Å². The van der Waals surface area contributed by atoms with Gasteiger partial charge in [0.05, 0.1) is 0 Å². The zero-order chi connectivity index (χ0) is 8.81. The van der Waals surface area contributed by atoms with Crippen LogP contribution in [0.25, 0.3) is 0 Å². The first-order valence-corrected chi connectivity index (χ1v) is 13.2. The Kier molecular flexibility index (Phi) is 6.60. The molecule has 0 N–H and O–H groups in total. The molecule has 0 nitrogen and oxygen atoms in total. The molecular formula is C10H23Cl3Ti. The van der Waals surface area contributed by atoms with Crippen molar-refractivity contribution in [3.63, 3.8) is 0 Å². The van der Waals surface area contributed by atoms with Crippen molar-refractivity contribution in [1.82, 2.24) is 0 Å². The van der Waals surface area contributed by atoms with Crippen molar-refractivity contribution in [1.29, 1.82) is 0 Å². The summed E-state index contributed by atoms with van der Waals surface area (Å²) in [7, 11) is 0. The Bertz CT molecular complexity index is 220. The van der Waals surface area contributed by atoms with Crippen LogP contribution in [0.1, 0.15) is 0 Å². The summed E-state index contributed by atoms with van der Waals surface area (Å²) >= 11 is -2.58. The summed E-state index contributed by atoms with van der Waals surface area (Å²) < 4.78 is 0.731. The molecule has 0 aromatic rings. The molecule has 14 heavy (non-hydrogen) atoms. The van der Waals surface area contributed by atoms with E-state index >= 15 is 0 Å². The van der Waals surface area contributed by atoms with Crippen LogP contribution in [0.3, 0.4) is 0 Å². The van der Waals surface area contributed by atoms with E-state index in [0.29, 0.717) is 0 Å². The summed E-state index contributed by atoms with van der Waals surface area (Å²) in [6.45, 7) is 0. The van der Waals surface area contributed by atoms with Gasteiger partial charge >= 0.3 is 68.7 Å². The molecule has 0 saturated carbocycles. The van der Waals surface area contributed by atoms with Crippen LogP contribution in [0.15, 0.2) is 24.3 Å². The molecule has 0 unspecified atom stereocenters. The van der Waals surface area contributed by atoms with E-state index in [0.717, 1.165) is 4.22 Å².